The van der Waals surface area contributed by atoms with Gasteiger partial charge in [-0.3, -0.25) is 13.8 Å². The van der Waals surface area contributed by atoms with Crippen LogP contribution in [0.3, 0.4) is 0 Å². The molecule has 0 rings (SSSR count). The van der Waals surface area contributed by atoms with Crippen LogP contribution in [0.15, 0.2) is 60.8 Å². The highest BCUT2D eigenvalue weighted by Gasteiger charge is 2.26. The quantitative estimate of drug-likeness (QED) is 0.0214. The number of hydrogen-bond acceptors (Lipinski definition) is 6. The number of likely N-dealkylation sites (N-methyl/N-ethyl adjacent to an activating group) is 1. The first-order chi connectivity index (χ1) is 29.1. The Labute approximate surface area is 370 Å². The molecule has 0 aliphatic heterocycles. The number of ether oxygens (including phenoxy) is 2. The number of phosphoric acid groups is 1. The number of quaternary nitrogens is 1. The summed E-state index contributed by atoms with van der Waals surface area (Å²) < 4.78 is 35.1. The van der Waals surface area contributed by atoms with E-state index in [1.54, 1.807) is 0 Å². The third-order valence-electron chi connectivity index (χ3n) is 10.3. The zero-order chi connectivity index (χ0) is 44.1. The molecule has 2 unspecified atom stereocenters. The van der Waals surface area contributed by atoms with Gasteiger partial charge in [-0.25, -0.2) is 4.57 Å². The Morgan fingerprint density at radius 2 is 0.967 bits per heavy atom. The minimum absolute atomic E-state index is 0.0827. The molecule has 0 spiro atoms. The SMILES string of the molecule is CC/C=C\C/C=C\C/C=C\C/C=C\CCCCCCCCC(=O)OC(COCCCCCCCCCC/C=C\CCCCCCCCC)COP(=O)(O)OCC[N+](C)(C)C. The van der Waals surface area contributed by atoms with Gasteiger partial charge in [0.15, 0.2) is 0 Å². The third kappa shape index (κ3) is 47.3. The van der Waals surface area contributed by atoms with Gasteiger partial charge in [0.25, 0.3) is 0 Å². The molecule has 0 amide bonds. The standard InChI is InChI=1S/C51H94NO7P/c1-6-8-10-12-14-16-18-20-22-24-26-28-30-32-34-36-38-40-42-44-51(53)59-50(49-58-60(54,55)57-47-45-52(3,4)5)48-56-46-43-41-39-37-35-33-31-29-27-25-23-21-19-17-15-13-11-9-7-2/h8,10,14,16,20,22-23,25-26,28,50H,6-7,9,11-13,15,17-19,21,24,27,29-49H2,1-5H3/p+1/b10-8-,16-14-,22-20-,25-23-,28-26-. The van der Waals surface area contributed by atoms with Crippen molar-refractivity contribution in [1.29, 1.82) is 0 Å². The molecule has 2 atom stereocenters. The van der Waals surface area contributed by atoms with E-state index in [1.165, 1.54) is 109 Å². The van der Waals surface area contributed by atoms with Crippen LogP contribution in [0.25, 0.3) is 0 Å². The minimum atomic E-state index is -4.29. The van der Waals surface area contributed by atoms with Crippen molar-refractivity contribution in [1.82, 2.24) is 0 Å². The summed E-state index contributed by atoms with van der Waals surface area (Å²) in [6, 6.07) is 0. The van der Waals surface area contributed by atoms with Crippen molar-refractivity contribution in [3.63, 3.8) is 0 Å². The molecule has 0 aliphatic rings. The molecule has 0 aromatic carbocycles. The predicted molar refractivity (Wildman–Crippen MR) is 256 cm³/mol. The molecule has 0 radical (unpaired) electrons. The van der Waals surface area contributed by atoms with Crippen molar-refractivity contribution in [3.05, 3.63) is 60.8 Å². The van der Waals surface area contributed by atoms with Crippen molar-refractivity contribution in [2.75, 3.05) is 54.1 Å². The number of nitrogens with zero attached hydrogens (tertiary/aromatic N) is 1. The molecule has 1 N–H and O–H groups in total. The van der Waals surface area contributed by atoms with Gasteiger partial charge >= 0.3 is 13.8 Å². The number of hydrogen-bond donors (Lipinski definition) is 1. The van der Waals surface area contributed by atoms with E-state index in [4.69, 9.17) is 18.5 Å². The van der Waals surface area contributed by atoms with Gasteiger partial charge in [0.05, 0.1) is 34.4 Å². The number of carbonyl (C=O) groups is 1. The average Bonchev–Trinajstić information content (AvgIpc) is 3.20. The second-order valence-corrected chi connectivity index (χ2v) is 18.9. The van der Waals surface area contributed by atoms with E-state index in [1.807, 2.05) is 21.1 Å². The molecular formula is C51H95NO7P+. The van der Waals surface area contributed by atoms with Crippen LogP contribution in [0.2, 0.25) is 0 Å². The summed E-state index contributed by atoms with van der Waals surface area (Å²) in [6.07, 6.45) is 55.4. The van der Waals surface area contributed by atoms with E-state index in [9.17, 15) is 14.3 Å². The highest BCUT2D eigenvalue weighted by molar-refractivity contribution is 7.47. The number of phosphoric ester groups is 1. The first kappa shape index (κ1) is 58.2. The van der Waals surface area contributed by atoms with Gasteiger partial charge in [-0.1, -0.05) is 177 Å². The highest BCUT2D eigenvalue weighted by Crippen LogP contribution is 2.43. The number of esters is 1. The van der Waals surface area contributed by atoms with Crippen molar-refractivity contribution in [2.24, 2.45) is 0 Å². The molecule has 0 aromatic heterocycles. The van der Waals surface area contributed by atoms with Crippen LogP contribution >= 0.6 is 7.82 Å². The fourth-order valence-electron chi connectivity index (χ4n) is 6.54. The predicted octanol–water partition coefficient (Wildman–Crippen LogP) is 14.9. The molecule has 0 heterocycles. The number of rotatable bonds is 45. The maximum absolute atomic E-state index is 12.7. The lowest BCUT2D eigenvalue weighted by Gasteiger charge is -2.24. The molecule has 0 aliphatic carbocycles. The molecule has 0 saturated carbocycles. The van der Waals surface area contributed by atoms with E-state index in [2.05, 4.69) is 74.6 Å². The molecule has 350 valence electrons. The van der Waals surface area contributed by atoms with Crippen molar-refractivity contribution < 1.29 is 37.3 Å². The molecule has 0 saturated heterocycles. The smallest absolute Gasteiger partial charge is 0.457 e. The summed E-state index contributed by atoms with van der Waals surface area (Å²) in [6.45, 7) is 5.49. The number of unbranched alkanes of at least 4 members (excludes halogenated alkanes) is 21. The first-order valence-electron chi connectivity index (χ1n) is 24.5. The average molecular weight is 865 g/mol. The molecular weight excluding hydrogens is 770 g/mol. The van der Waals surface area contributed by atoms with E-state index in [-0.39, 0.29) is 25.8 Å². The molecule has 60 heavy (non-hydrogen) atoms. The van der Waals surface area contributed by atoms with Gasteiger partial charge in [0.2, 0.25) is 0 Å². The van der Waals surface area contributed by atoms with Crippen LogP contribution in [0, 0.1) is 0 Å². The summed E-state index contributed by atoms with van der Waals surface area (Å²) in [5.74, 6) is -0.329. The van der Waals surface area contributed by atoms with Crippen LogP contribution in [-0.4, -0.2) is 75.6 Å². The van der Waals surface area contributed by atoms with Gasteiger partial charge in [-0.2, -0.15) is 0 Å². The van der Waals surface area contributed by atoms with Gasteiger partial charge in [-0.05, 0) is 77.0 Å². The second-order valence-electron chi connectivity index (χ2n) is 17.5. The number of allylic oxidation sites excluding steroid dienone is 10. The van der Waals surface area contributed by atoms with Crippen LogP contribution in [-0.2, 0) is 27.9 Å². The molecule has 0 aromatic rings. The molecule has 9 heteroatoms. The Balaban J connectivity index is 4.21. The largest absolute Gasteiger partial charge is 0.472 e. The Bertz CT molecular complexity index is 1140. The minimum Gasteiger partial charge on any atom is -0.457 e. The van der Waals surface area contributed by atoms with Crippen LogP contribution < -0.4 is 0 Å². The first-order valence-corrected chi connectivity index (χ1v) is 26.0. The van der Waals surface area contributed by atoms with E-state index < -0.39 is 13.9 Å². The summed E-state index contributed by atoms with van der Waals surface area (Å²) in [7, 11) is 1.65. The zero-order valence-electron chi connectivity index (χ0n) is 39.7. The van der Waals surface area contributed by atoms with Crippen LogP contribution in [0.1, 0.15) is 200 Å². The lowest BCUT2D eigenvalue weighted by Crippen LogP contribution is -2.37. The number of carbonyl (C=O) groups excluding carboxylic acids is 1. The van der Waals surface area contributed by atoms with Crippen molar-refractivity contribution >= 4 is 13.8 Å². The Kier molecular flexibility index (Phi) is 42.5. The monoisotopic (exact) mass is 865 g/mol. The van der Waals surface area contributed by atoms with Gasteiger partial charge < -0.3 is 18.9 Å². The summed E-state index contributed by atoms with van der Waals surface area (Å²) >= 11 is 0. The summed E-state index contributed by atoms with van der Waals surface area (Å²) in [5.41, 5.74) is 0. The maximum Gasteiger partial charge on any atom is 0.472 e. The van der Waals surface area contributed by atoms with Gasteiger partial charge in [-0.15, -0.1) is 0 Å². The second kappa shape index (κ2) is 43.8. The Hall–Kier alpha value is -1.80. The Morgan fingerprint density at radius 1 is 0.533 bits per heavy atom. The fourth-order valence-corrected chi connectivity index (χ4v) is 7.28. The third-order valence-corrected chi connectivity index (χ3v) is 11.3. The topological polar surface area (TPSA) is 91.3 Å². The Morgan fingerprint density at radius 3 is 1.47 bits per heavy atom. The van der Waals surface area contributed by atoms with Crippen LogP contribution in [0.4, 0.5) is 0 Å². The normalized spacial score (nSPS) is 14.2. The summed E-state index contributed by atoms with van der Waals surface area (Å²) in [5, 5.41) is 0. The molecule has 8 nitrogen and oxygen atoms in total. The fraction of sp³-hybridized carbons (Fsp3) is 0.784. The van der Waals surface area contributed by atoms with Gasteiger partial charge in [0.1, 0.15) is 19.3 Å². The summed E-state index contributed by atoms with van der Waals surface area (Å²) in [4.78, 5) is 23.0. The van der Waals surface area contributed by atoms with Crippen LogP contribution in [0.5, 0.6) is 0 Å². The van der Waals surface area contributed by atoms with Crippen molar-refractivity contribution in [3.8, 4) is 0 Å². The molecule has 0 bridgehead atoms. The van der Waals surface area contributed by atoms with E-state index in [0.717, 1.165) is 70.6 Å². The van der Waals surface area contributed by atoms with Crippen molar-refractivity contribution in [2.45, 2.75) is 206 Å². The van der Waals surface area contributed by atoms with Gasteiger partial charge in [0, 0.05) is 13.0 Å². The lowest BCUT2D eigenvalue weighted by atomic mass is 10.1. The molecule has 0 fully saturated rings. The zero-order valence-corrected chi connectivity index (χ0v) is 40.6. The van der Waals surface area contributed by atoms with E-state index >= 15 is 0 Å². The maximum atomic E-state index is 12.7. The lowest BCUT2D eigenvalue weighted by molar-refractivity contribution is -0.870. The highest BCUT2D eigenvalue weighted by atomic mass is 31.2. The van der Waals surface area contributed by atoms with E-state index in [0.29, 0.717) is 24.1 Å².